The van der Waals surface area contributed by atoms with Crippen molar-refractivity contribution in [2.24, 2.45) is 0 Å². The largest absolute Gasteiger partial charge is 0.493 e. The van der Waals surface area contributed by atoms with E-state index in [1.165, 1.54) is 11.1 Å². The summed E-state index contributed by atoms with van der Waals surface area (Å²) >= 11 is 0. The van der Waals surface area contributed by atoms with Gasteiger partial charge in [0.2, 0.25) is 0 Å². The summed E-state index contributed by atoms with van der Waals surface area (Å²) in [5.41, 5.74) is 2.68. The Kier molecular flexibility index (Phi) is 3.61. The Balaban J connectivity index is 1.86. The smallest absolute Gasteiger partial charge is 0.161 e. The molecule has 0 saturated heterocycles. The van der Waals surface area contributed by atoms with E-state index in [0.717, 1.165) is 17.9 Å². The monoisotopic (exact) mass is 269 g/mol. The average molecular weight is 269 g/mol. The van der Waals surface area contributed by atoms with E-state index in [4.69, 9.17) is 9.47 Å². The van der Waals surface area contributed by atoms with Crippen molar-refractivity contribution in [3.63, 3.8) is 0 Å². The summed E-state index contributed by atoms with van der Waals surface area (Å²) in [4.78, 5) is 0. The number of likely N-dealkylation sites (N-methyl/N-ethyl adjacent to an activating group) is 1. The summed E-state index contributed by atoms with van der Waals surface area (Å²) < 4.78 is 11.6. The van der Waals surface area contributed by atoms with Crippen molar-refractivity contribution in [2.75, 3.05) is 14.2 Å². The second-order valence-electron chi connectivity index (χ2n) is 4.98. The number of fused-ring (bicyclic) bond motifs is 1. The van der Waals surface area contributed by atoms with E-state index in [2.05, 4.69) is 29.6 Å². The van der Waals surface area contributed by atoms with Crippen LogP contribution in [-0.2, 0) is 6.42 Å². The SMILES string of the molecule is CNC1c2ccccc2CC1Oc1ccccc1OC. The van der Waals surface area contributed by atoms with E-state index < -0.39 is 0 Å². The van der Waals surface area contributed by atoms with Crippen LogP contribution in [0.4, 0.5) is 0 Å². The molecular formula is C17H19NO2. The van der Waals surface area contributed by atoms with Crippen LogP contribution in [-0.4, -0.2) is 20.3 Å². The van der Waals surface area contributed by atoms with Gasteiger partial charge in [-0.15, -0.1) is 0 Å². The molecule has 3 nitrogen and oxygen atoms in total. The first-order valence-corrected chi connectivity index (χ1v) is 6.88. The van der Waals surface area contributed by atoms with E-state index in [1.54, 1.807) is 7.11 Å². The minimum absolute atomic E-state index is 0.0914. The maximum absolute atomic E-state index is 6.20. The van der Waals surface area contributed by atoms with Gasteiger partial charge in [-0.3, -0.25) is 0 Å². The van der Waals surface area contributed by atoms with E-state index in [0.29, 0.717) is 0 Å². The van der Waals surface area contributed by atoms with Crippen LogP contribution < -0.4 is 14.8 Å². The van der Waals surface area contributed by atoms with Crippen LogP contribution in [0, 0.1) is 0 Å². The molecule has 2 atom stereocenters. The number of benzene rings is 2. The quantitative estimate of drug-likeness (QED) is 0.925. The highest BCUT2D eigenvalue weighted by atomic mass is 16.5. The van der Waals surface area contributed by atoms with E-state index >= 15 is 0 Å². The zero-order valence-corrected chi connectivity index (χ0v) is 11.8. The Morgan fingerprint density at radius 2 is 1.70 bits per heavy atom. The van der Waals surface area contributed by atoms with Gasteiger partial charge in [0.1, 0.15) is 6.10 Å². The van der Waals surface area contributed by atoms with Gasteiger partial charge in [-0.25, -0.2) is 0 Å². The zero-order valence-electron chi connectivity index (χ0n) is 11.8. The van der Waals surface area contributed by atoms with Gasteiger partial charge in [-0.1, -0.05) is 36.4 Å². The first kappa shape index (κ1) is 13.0. The molecule has 1 aliphatic rings. The van der Waals surface area contributed by atoms with E-state index in [-0.39, 0.29) is 12.1 Å². The Bertz CT molecular complexity index is 597. The summed E-state index contributed by atoms with van der Waals surface area (Å²) in [7, 11) is 3.65. The summed E-state index contributed by atoms with van der Waals surface area (Å²) in [5, 5.41) is 3.36. The van der Waals surface area contributed by atoms with Crippen LogP contribution in [0.25, 0.3) is 0 Å². The first-order chi connectivity index (χ1) is 9.83. The maximum Gasteiger partial charge on any atom is 0.161 e. The lowest BCUT2D eigenvalue weighted by atomic mass is 10.1. The van der Waals surface area contributed by atoms with Gasteiger partial charge in [0.15, 0.2) is 11.5 Å². The van der Waals surface area contributed by atoms with Gasteiger partial charge in [0.05, 0.1) is 13.2 Å². The number of nitrogens with one attached hydrogen (secondary N) is 1. The molecule has 0 aromatic heterocycles. The average Bonchev–Trinajstić information content (AvgIpc) is 2.85. The topological polar surface area (TPSA) is 30.5 Å². The third-order valence-electron chi connectivity index (χ3n) is 3.84. The minimum atomic E-state index is 0.0914. The van der Waals surface area contributed by atoms with Crippen LogP contribution in [0.3, 0.4) is 0 Å². The first-order valence-electron chi connectivity index (χ1n) is 6.88. The van der Waals surface area contributed by atoms with Gasteiger partial charge in [0, 0.05) is 6.42 Å². The van der Waals surface area contributed by atoms with Crippen LogP contribution in [0.15, 0.2) is 48.5 Å². The Morgan fingerprint density at radius 1 is 1.00 bits per heavy atom. The summed E-state index contributed by atoms with van der Waals surface area (Å²) in [6.45, 7) is 0. The predicted molar refractivity (Wildman–Crippen MR) is 79.4 cm³/mol. The molecular weight excluding hydrogens is 250 g/mol. The molecule has 0 bridgehead atoms. The van der Waals surface area contributed by atoms with Crippen LogP contribution >= 0.6 is 0 Å². The molecule has 0 saturated carbocycles. The highest BCUT2D eigenvalue weighted by Gasteiger charge is 2.33. The van der Waals surface area contributed by atoms with Crippen molar-refractivity contribution in [2.45, 2.75) is 18.6 Å². The fourth-order valence-corrected chi connectivity index (χ4v) is 2.89. The van der Waals surface area contributed by atoms with Gasteiger partial charge in [-0.05, 0) is 30.3 Å². The molecule has 3 heteroatoms. The number of methoxy groups -OCH3 is 1. The van der Waals surface area contributed by atoms with E-state index in [9.17, 15) is 0 Å². The molecule has 2 aromatic carbocycles. The van der Waals surface area contributed by atoms with Crippen molar-refractivity contribution in [1.82, 2.24) is 5.32 Å². The van der Waals surface area contributed by atoms with Crippen molar-refractivity contribution in [3.8, 4) is 11.5 Å². The molecule has 0 heterocycles. The Labute approximate surface area is 119 Å². The summed E-state index contributed by atoms with van der Waals surface area (Å²) in [6.07, 6.45) is 1.01. The fraction of sp³-hybridized carbons (Fsp3) is 0.294. The molecule has 104 valence electrons. The Hall–Kier alpha value is -2.00. The normalized spacial score (nSPS) is 20.5. The van der Waals surface area contributed by atoms with Crippen molar-refractivity contribution in [1.29, 1.82) is 0 Å². The number of para-hydroxylation sites is 2. The highest BCUT2D eigenvalue weighted by Crippen LogP contribution is 2.36. The van der Waals surface area contributed by atoms with Gasteiger partial charge < -0.3 is 14.8 Å². The molecule has 1 aliphatic carbocycles. The maximum atomic E-state index is 6.20. The summed E-state index contributed by atoms with van der Waals surface area (Å²) in [5.74, 6) is 1.58. The molecule has 2 aromatic rings. The van der Waals surface area contributed by atoms with Crippen molar-refractivity contribution < 1.29 is 9.47 Å². The van der Waals surface area contributed by atoms with Crippen LogP contribution in [0.5, 0.6) is 11.5 Å². The van der Waals surface area contributed by atoms with Gasteiger partial charge in [-0.2, -0.15) is 0 Å². The fourth-order valence-electron chi connectivity index (χ4n) is 2.89. The molecule has 2 unspecified atom stereocenters. The number of rotatable bonds is 4. The van der Waals surface area contributed by atoms with Gasteiger partial charge in [0.25, 0.3) is 0 Å². The van der Waals surface area contributed by atoms with Crippen LogP contribution in [0.2, 0.25) is 0 Å². The third kappa shape index (κ3) is 2.25. The van der Waals surface area contributed by atoms with E-state index in [1.807, 2.05) is 31.3 Å². The molecule has 0 spiro atoms. The molecule has 0 fully saturated rings. The number of hydrogen-bond acceptors (Lipinski definition) is 3. The van der Waals surface area contributed by atoms with Crippen molar-refractivity contribution >= 4 is 0 Å². The summed E-state index contributed by atoms with van der Waals surface area (Å²) in [6, 6.07) is 16.5. The lowest BCUT2D eigenvalue weighted by Crippen LogP contribution is -2.30. The standard InChI is InChI=1S/C17H19NO2/c1-18-17-13-8-4-3-7-12(13)11-16(17)20-15-10-6-5-9-14(15)19-2/h3-10,16-18H,11H2,1-2H3. The highest BCUT2D eigenvalue weighted by molar-refractivity contribution is 5.41. The molecule has 1 N–H and O–H groups in total. The molecule has 20 heavy (non-hydrogen) atoms. The van der Waals surface area contributed by atoms with Gasteiger partial charge >= 0.3 is 0 Å². The molecule has 3 rings (SSSR count). The predicted octanol–water partition coefficient (Wildman–Crippen LogP) is 2.96. The molecule has 0 aliphatic heterocycles. The molecule has 0 radical (unpaired) electrons. The second-order valence-corrected chi connectivity index (χ2v) is 4.98. The number of ether oxygens (including phenoxy) is 2. The second kappa shape index (κ2) is 5.55. The lowest BCUT2D eigenvalue weighted by molar-refractivity contribution is 0.165. The van der Waals surface area contributed by atoms with Crippen molar-refractivity contribution in [3.05, 3.63) is 59.7 Å². The minimum Gasteiger partial charge on any atom is -0.493 e. The van der Waals surface area contributed by atoms with Crippen LogP contribution in [0.1, 0.15) is 17.2 Å². The Morgan fingerprint density at radius 3 is 2.45 bits per heavy atom. The zero-order chi connectivity index (χ0) is 13.9. The third-order valence-corrected chi connectivity index (χ3v) is 3.84. The lowest BCUT2D eigenvalue weighted by Gasteiger charge is -2.22. The number of hydrogen-bond donors (Lipinski definition) is 1. The molecule has 0 amide bonds.